The predicted octanol–water partition coefficient (Wildman–Crippen LogP) is 5.04. The Morgan fingerprint density at radius 3 is 2.66 bits per heavy atom. The first-order valence-corrected chi connectivity index (χ1v) is 13.3. The van der Waals surface area contributed by atoms with Gasteiger partial charge in [0.2, 0.25) is 15.9 Å². The first-order chi connectivity index (χ1) is 16.5. The number of halogens is 4. The van der Waals surface area contributed by atoms with Gasteiger partial charge in [-0.05, 0) is 49.0 Å². The third kappa shape index (κ3) is 8.57. The highest BCUT2D eigenvalue weighted by Gasteiger charge is 2.31. The average molecular weight is 534 g/mol. The summed E-state index contributed by atoms with van der Waals surface area (Å²) in [5.74, 6) is -0.217. The van der Waals surface area contributed by atoms with E-state index in [0.717, 1.165) is 43.9 Å². The number of hydrogen-bond acceptors (Lipinski definition) is 5. The molecule has 0 bridgehead atoms. The first kappa shape index (κ1) is 27.1. The van der Waals surface area contributed by atoms with Crippen LogP contribution in [0.25, 0.3) is 6.08 Å². The van der Waals surface area contributed by atoms with Crippen molar-refractivity contribution >= 4 is 33.6 Å². The Hall–Kier alpha value is -2.53. The molecule has 12 heteroatoms. The lowest BCUT2D eigenvalue weighted by Crippen LogP contribution is -2.31. The van der Waals surface area contributed by atoms with Gasteiger partial charge in [-0.3, -0.25) is 9.48 Å². The third-order valence-electron chi connectivity index (χ3n) is 5.33. The normalized spacial score (nSPS) is 14.4. The Balaban J connectivity index is 1.76. The summed E-state index contributed by atoms with van der Waals surface area (Å²) < 4.78 is 72.0. The topological polar surface area (TPSA) is 90.3 Å². The number of carbonyl (C=O) groups is 1. The number of ether oxygens (including phenoxy) is 1. The van der Waals surface area contributed by atoms with E-state index in [1.807, 2.05) is 11.6 Å². The van der Waals surface area contributed by atoms with Crippen molar-refractivity contribution in [3.05, 3.63) is 52.2 Å². The number of amides is 1. The van der Waals surface area contributed by atoms with Crippen LogP contribution >= 0.6 is 11.6 Å². The summed E-state index contributed by atoms with van der Waals surface area (Å²) in [5, 5.41) is 4.25. The van der Waals surface area contributed by atoms with E-state index in [1.165, 1.54) is 16.8 Å². The number of unbranched alkanes of at least 4 members (excludes halogenated alkanes) is 2. The Labute approximate surface area is 207 Å². The monoisotopic (exact) mass is 533 g/mol. The van der Waals surface area contributed by atoms with Gasteiger partial charge >= 0.3 is 6.18 Å². The number of nitrogens with one attached hydrogen (secondary N) is 1. The molecule has 1 fully saturated rings. The van der Waals surface area contributed by atoms with Gasteiger partial charge in [0.05, 0.1) is 30.2 Å². The molecular weight excluding hydrogens is 507 g/mol. The molecule has 1 amide bonds. The van der Waals surface area contributed by atoms with Crippen molar-refractivity contribution in [2.45, 2.75) is 51.7 Å². The summed E-state index contributed by atoms with van der Waals surface area (Å²) in [6.07, 6.45) is 2.08. The van der Waals surface area contributed by atoms with Gasteiger partial charge in [0.1, 0.15) is 0 Å². The van der Waals surface area contributed by atoms with Gasteiger partial charge in [0.25, 0.3) is 5.91 Å². The molecule has 1 aromatic carbocycles. The minimum absolute atomic E-state index is 0.0143. The van der Waals surface area contributed by atoms with E-state index in [4.69, 9.17) is 16.3 Å². The van der Waals surface area contributed by atoms with Gasteiger partial charge in [0.15, 0.2) is 0 Å². The van der Waals surface area contributed by atoms with Crippen LogP contribution in [0, 0.1) is 5.92 Å². The maximum absolute atomic E-state index is 12.9. The van der Waals surface area contributed by atoms with Crippen molar-refractivity contribution in [1.82, 2.24) is 14.5 Å². The summed E-state index contributed by atoms with van der Waals surface area (Å²) in [4.78, 5) is 12.2. The highest BCUT2D eigenvalue weighted by atomic mass is 35.5. The largest absolute Gasteiger partial charge is 0.476 e. The van der Waals surface area contributed by atoms with Crippen molar-refractivity contribution < 1.29 is 31.1 Å². The molecule has 1 aliphatic rings. The lowest BCUT2D eigenvalue weighted by Gasteiger charge is -2.11. The van der Waals surface area contributed by atoms with Gasteiger partial charge in [0, 0.05) is 17.2 Å². The molecule has 1 aromatic heterocycles. The number of carbonyl (C=O) groups excluding carboxylic acids is 1. The molecule has 0 atom stereocenters. The fourth-order valence-electron chi connectivity index (χ4n) is 3.18. The van der Waals surface area contributed by atoms with Gasteiger partial charge < -0.3 is 4.74 Å². The molecule has 0 spiro atoms. The summed E-state index contributed by atoms with van der Waals surface area (Å²) in [7, 11) is -3.75. The highest BCUT2D eigenvalue weighted by molar-refractivity contribution is 7.90. The number of nitrogens with zero attached hydrogens (tertiary/aromatic N) is 2. The molecule has 3 rings (SSSR count). The summed E-state index contributed by atoms with van der Waals surface area (Å²) >= 11 is 6.09. The minimum atomic E-state index is -4.52. The second kappa shape index (κ2) is 11.5. The maximum atomic E-state index is 12.9. The molecule has 0 aliphatic heterocycles. The zero-order valence-corrected chi connectivity index (χ0v) is 20.7. The van der Waals surface area contributed by atoms with Gasteiger partial charge in [-0.15, -0.1) is 5.10 Å². The van der Waals surface area contributed by atoms with Crippen molar-refractivity contribution in [1.29, 1.82) is 0 Å². The molecule has 0 radical (unpaired) electrons. The van der Waals surface area contributed by atoms with Crippen LogP contribution in [0.1, 0.15) is 55.8 Å². The van der Waals surface area contributed by atoms with E-state index in [0.29, 0.717) is 30.2 Å². The van der Waals surface area contributed by atoms with Crippen LogP contribution in [0.15, 0.2) is 30.3 Å². The Bertz CT molecular complexity index is 1180. The molecule has 0 saturated heterocycles. The second-order valence-electron chi connectivity index (χ2n) is 8.45. The Morgan fingerprint density at radius 2 is 2.03 bits per heavy atom. The molecule has 0 unspecified atom stereocenters. The number of sulfonamides is 1. The number of rotatable bonds is 12. The van der Waals surface area contributed by atoms with E-state index in [9.17, 15) is 26.4 Å². The molecule has 35 heavy (non-hydrogen) atoms. The first-order valence-electron chi connectivity index (χ1n) is 11.3. The van der Waals surface area contributed by atoms with E-state index >= 15 is 0 Å². The second-order valence-corrected chi connectivity index (χ2v) is 10.7. The molecule has 7 nitrogen and oxygen atoms in total. The molecule has 2 aromatic rings. The van der Waals surface area contributed by atoms with Crippen molar-refractivity contribution in [2.24, 2.45) is 5.92 Å². The van der Waals surface area contributed by atoms with Crippen LogP contribution in [0.2, 0.25) is 5.02 Å². The van der Waals surface area contributed by atoms with Crippen LogP contribution in [-0.4, -0.2) is 36.5 Å². The third-order valence-corrected chi connectivity index (χ3v) is 7.02. The van der Waals surface area contributed by atoms with Crippen molar-refractivity contribution in [3.63, 3.8) is 0 Å². The average Bonchev–Trinajstić information content (AvgIpc) is 3.51. The zero-order chi connectivity index (χ0) is 25.6. The van der Waals surface area contributed by atoms with E-state index in [2.05, 4.69) is 5.10 Å². The maximum Gasteiger partial charge on any atom is 0.416 e. The molecule has 1 heterocycles. The van der Waals surface area contributed by atoms with E-state index in [1.54, 1.807) is 6.07 Å². The lowest BCUT2D eigenvalue weighted by atomic mass is 10.1. The predicted molar refractivity (Wildman–Crippen MR) is 126 cm³/mol. The van der Waals surface area contributed by atoms with Crippen LogP contribution in [-0.2, 0) is 27.5 Å². The van der Waals surface area contributed by atoms with Crippen LogP contribution in [0.5, 0.6) is 5.88 Å². The van der Waals surface area contributed by atoms with E-state index < -0.39 is 27.7 Å². The van der Waals surface area contributed by atoms with Gasteiger partial charge in [-0.25, -0.2) is 13.1 Å². The van der Waals surface area contributed by atoms with Crippen molar-refractivity contribution in [3.8, 4) is 5.88 Å². The Morgan fingerprint density at radius 1 is 1.29 bits per heavy atom. The number of alkyl halides is 3. The summed E-state index contributed by atoms with van der Waals surface area (Å²) in [6.45, 7) is 2.44. The standard InChI is InChI=1S/C23H27ClF3N3O4S/c1-2-3-4-11-35(32,33)29-21(31)10-9-19-13-22(34-15-16-5-6-16)28-30(19)14-17-7-8-18(12-20(17)24)23(25,26)27/h7-10,12-13,16H,2-6,11,14-15H2,1H3,(H,29,31). The summed E-state index contributed by atoms with van der Waals surface area (Å²) in [6, 6.07) is 4.61. The van der Waals surface area contributed by atoms with Crippen LogP contribution in [0.4, 0.5) is 13.2 Å². The smallest absolute Gasteiger partial charge is 0.416 e. The van der Waals surface area contributed by atoms with Crippen LogP contribution in [0.3, 0.4) is 0 Å². The Kier molecular flexibility index (Phi) is 8.87. The van der Waals surface area contributed by atoms with Crippen LogP contribution < -0.4 is 9.46 Å². The van der Waals surface area contributed by atoms with E-state index in [-0.39, 0.29) is 23.2 Å². The van der Waals surface area contributed by atoms with Gasteiger partial charge in [-0.2, -0.15) is 13.2 Å². The molecule has 1 saturated carbocycles. The number of benzene rings is 1. The quantitative estimate of drug-likeness (QED) is 0.305. The van der Waals surface area contributed by atoms with Gasteiger partial charge in [-0.1, -0.05) is 37.4 Å². The molecular formula is C23H27ClF3N3O4S. The minimum Gasteiger partial charge on any atom is -0.476 e. The lowest BCUT2D eigenvalue weighted by molar-refractivity contribution is -0.137. The SMILES string of the molecule is CCCCCS(=O)(=O)NC(=O)C=Cc1cc(OCC2CC2)nn1Cc1ccc(C(F)(F)F)cc1Cl. The fourth-order valence-corrected chi connectivity index (χ4v) is 4.48. The number of hydrogen-bond donors (Lipinski definition) is 1. The molecule has 1 N–H and O–H groups in total. The number of aromatic nitrogens is 2. The molecule has 1 aliphatic carbocycles. The zero-order valence-electron chi connectivity index (χ0n) is 19.1. The highest BCUT2D eigenvalue weighted by Crippen LogP contribution is 2.33. The fraction of sp³-hybridized carbons (Fsp3) is 0.478. The van der Waals surface area contributed by atoms with Crippen molar-refractivity contribution in [2.75, 3.05) is 12.4 Å². The summed E-state index contributed by atoms with van der Waals surface area (Å²) in [5.41, 5.74) is -0.0866. The molecule has 192 valence electrons.